The minimum Gasteiger partial charge on any atom is -0.370 e. The summed E-state index contributed by atoms with van der Waals surface area (Å²) in [5, 5.41) is 1.80. The monoisotopic (exact) mass is 157 g/mol. The van der Waals surface area contributed by atoms with Crippen molar-refractivity contribution in [3.8, 4) is 0 Å². The average Bonchev–Trinajstić information content (AvgIpc) is 1.84. The summed E-state index contributed by atoms with van der Waals surface area (Å²) in [5.74, 6) is 5.56. The molecule has 0 aromatic heterocycles. The van der Waals surface area contributed by atoms with Gasteiger partial charge in [0.15, 0.2) is 0 Å². The highest BCUT2D eigenvalue weighted by Gasteiger charge is 2.45. The molecule has 2 aliphatic rings. The van der Waals surface area contributed by atoms with Crippen LogP contribution in [0.15, 0.2) is 0 Å². The number of rotatable bonds is 0. The molecule has 0 atom stereocenters. The van der Waals surface area contributed by atoms with Gasteiger partial charge >= 0.3 is 0 Å². The van der Waals surface area contributed by atoms with Crippen molar-refractivity contribution < 1.29 is 4.74 Å². The van der Waals surface area contributed by atoms with E-state index in [1.807, 2.05) is 0 Å². The van der Waals surface area contributed by atoms with Crippen LogP contribution in [0.3, 0.4) is 0 Å². The van der Waals surface area contributed by atoms with E-state index in [4.69, 9.17) is 10.6 Å². The Hall–Kier alpha value is -0.160. The van der Waals surface area contributed by atoms with Gasteiger partial charge in [-0.25, -0.2) is 5.01 Å². The first kappa shape index (κ1) is 7.49. The number of morpholine rings is 1. The molecule has 0 amide bonds. The van der Waals surface area contributed by atoms with Crippen molar-refractivity contribution in [2.45, 2.75) is 5.60 Å². The number of hydrazine groups is 1. The van der Waals surface area contributed by atoms with Gasteiger partial charge in [0.1, 0.15) is 5.60 Å². The van der Waals surface area contributed by atoms with E-state index in [2.05, 4.69) is 11.9 Å². The molecule has 1 spiro atoms. The van der Waals surface area contributed by atoms with E-state index < -0.39 is 0 Å². The van der Waals surface area contributed by atoms with Crippen LogP contribution < -0.4 is 5.84 Å². The highest BCUT2D eigenvalue weighted by molar-refractivity contribution is 4.98. The van der Waals surface area contributed by atoms with Gasteiger partial charge in [0.2, 0.25) is 0 Å². The number of hydrogen-bond donors (Lipinski definition) is 1. The molecule has 0 aromatic carbocycles. The minimum atomic E-state index is 0.0712. The standard InChI is InChI=1S/C7H15N3O/c1-9-2-3-11-7(4-9)5-10(8)6-7/h2-6,8H2,1H3. The first-order valence-corrected chi connectivity index (χ1v) is 4.02. The number of likely N-dealkylation sites (N-methyl/N-ethyl adjacent to an activating group) is 1. The molecule has 0 bridgehead atoms. The van der Waals surface area contributed by atoms with Crippen LogP contribution in [0.2, 0.25) is 0 Å². The van der Waals surface area contributed by atoms with Crippen LogP contribution in [0.4, 0.5) is 0 Å². The summed E-state index contributed by atoms with van der Waals surface area (Å²) in [7, 11) is 2.13. The lowest BCUT2D eigenvalue weighted by Gasteiger charge is -2.51. The SMILES string of the molecule is CN1CCOC2(C1)CN(N)C2. The molecule has 0 radical (unpaired) electrons. The second-order valence-electron chi connectivity index (χ2n) is 3.67. The zero-order chi connectivity index (χ0) is 7.90. The molecule has 2 aliphatic heterocycles. The molecule has 2 rings (SSSR count). The fourth-order valence-electron chi connectivity index (χ4n) is 1.92. The second-order valence-corrected chi connectivity index (χ2v) is 3.67. The molecule has 0 unspecified atom stereocenters. The van der Waals surface area contributed by atoms with Crippen LogP contribution in [0.5, 0.6) is 0 Å². The third-order valence-corrected chi connectivity index (χ3v) is 2.42. The predicted molar refractivity (Wildman–Crippen MR) is 41.9 cm³/mol. The average molecular weight is 157 g/mol. The zero-order valence-corrected chi connectivity index (χ0v) is 6.92. The third-order valence-electron chi connectivity index (χ3n) is 2.42. The van der Waals surface area contributed by atoms with Crippen LogP contribution in [-0.4, -0.2) is 55.3 Å². The molecule has 2 heterocycles. The van der Waals surface area contributed by atoms with E-state index in [9.17, 15) is 0 Å². The van der Waals surface area contributed by atoms with Gasteiger partial charge < -0.3 is 9.64 Å². The minimum absolute atomic E-state index is 0.0712. The molecular weight excluding hydrogens is 142 g/mol. The van der Waals surface area contributed by atoms with Crippen molar-refractivity contribution in [1.29, 1.82) is 0 Å². The molecule has 11 heavy (non-hydrogen) atoms. The Balaban J connectivity index is 1.93. The van der Waals surface area contributed by atoms with Gasteiger partial charge in [-0.15, -0.1) is 0 Å². The summed E-state index contributed by atoms with van der Waals surface area (Å²) in [6.07, 6.45) is 0. The summed E-state index contributed by atoms with van der Waals surface area (Å²) >= 11 is 0. The Morgan fingerprint density at radius 3 is 2.64 bits per heavy atom. The van der Waals surface area contributed by atoms with E-state index in [0.717, 1.165) is 32.8 Å². The molecular formula is C7H15N3O. The fraction of sp³-hybridized carbons (Fsp3) is 1.00. The van der Waals surface area contributed by atoms with E-state index in [0.29, 0.717) is 0 Å². The molecule has 0 aliphatic carbocycles. The molecule has 2 N–H and O–H groups in total. The maximum absolute atomic E-state index is 5.68. The predicted octanol–water partition coefficient (Wildman–Crippen LogP) is -1.12. The first-order valence-electron chi connectivity index (χ1n) is 4.02. The fourth-order valence-corrected chi connectivity index (χ4v) is 1.92. The van der Waals surface area contributed by atoms with Gasteiger partial charge in [0.25, 0.3) is 0 Å². The molecule has 4 nitrogen and oxygen atoms in total. The lowest BCUT2D eigenvalue weighted by atomic mass is 9.94. The van der Waals surface area contributed by atoms with Gasteiger partial charge in [0.05, 0.1) is 6.61 Å². The summed E-state index contributed by atoms with van der Waals surface area (Å²) in [6.45, 7) is 4.70. The lowest BCUT2D eigenvalue weighted by Crippen LogP contribution is -2.71. The number of nitrogens with two attached hydrogens (primary N) is 1. The molecule has 0 aromatic rings. The van der Waals surface area contributed by atoms with Crippen molar-refractivity contribution in [3.05, 3.63) is 0 Å². The van der Waals surface area contributed by atoms with E-state index in [-0.39, 0.29) is 5.60 Å². The first-order chi connectivity index (χ1) is 5.20. The Bertz CT molecular complexity index is 150. The van der Waals surface area contributed by atoms with Crippen molar-refractivity contribution in [1.82, 2.24) is 9.91 Å². The highest BCUT2D eigenvalue weighted by atomic mass is 16.5. The maximum atomic E-state index is 5.68. The van der Waals surface area contributed by atoms with Gasteiger partial charge in [-0.05, 0) is 7.05 Å². The molecule has 4 heteroatoms. The van der Waals surface area contributed by atoms with Gasteiger partial charge in [0, 0.05) is 26.2 Å². The third kappa shape index (κ3) is 1.27. The van der Waals surface area contributed by atoms with Gasteiger partial charge in [-0.1, -0.05) is 0 Å². The van der Waals surface area contributed by atoms with Crippen molar-refractivity contribution >= 4 is 0 Å². The second kappa shape index (κ2) is 2.42. The van der Waals surface area contributed by atoms with E-state index in [1.165, 1.54) is 0 Å². The van der Waals surface area contributed by atoms with Crippen LogP contribution in [0.25, 0.3) is 0 Å². The lowest BCUT2D eigenvalue weighted by molar-refractivity contribution is -0.180. The Morgan fingerprint density at radius 1 is 1.36 bits per heavy atom. The Morgan fingerprint density at radius 2 is 2.09 bits per heavy atom. The largest absolute Gasteiger partial charge is 0.370 e. The smallest absolute Gasteiger partial charge is 0.109 e. The topological polar surface area (TPSA) is 41.7 Å². The van der Waals surface area contributed by atoms with Crippen molar-refractivity contribution in [3.63, 3.8) is 0 Å². The van der Waals surface area contributed by atoms with Crippen molar-refractivity contribution in [2.24, 2.45) is 5.84 Å². The van der Waals surface area contributed by atoms with Crippen LogP contribution >= 0.6 is 0 Å². The zero-order valence-electron chi connectivity index (χ0n) is 6.92. The Labute approximate surface area is 66.9 Å². The summed E-state index contributed by atoms with van der Waals surface area (Å²) in [6, 6.07) is 0. The van der Waals surface area contributed by atoms with Crippen molar-refractivity contribution in [2.75, 3.05) is 39.8 Å². The van der Waals surface area contributed by atoms with Gasteiger partial charge in [-0.2, -0.15) is 0 Å². The highest BCUT2D eigenvalue weighted by Crippen LogP contribution is 2.25. The van der Waals surface area contributed by atoms with Crippen LogP contribution in [-0.2, 0) is 4.74 Å². The summed E-state index contributed by atoms with van der Waals surface area (Å²) in [5.41, 5.74) is 0.0712. The van der Waals surface area contributed by atoms with Crippen LogP contribution in [0, 0.1) is 0 Å². The van der Waals surface area contributed by atoms with E-state index in [1.54, 1.807) is 5.01 Å². The summed E-state index contributed by atoms with van der Waals surface area (Å²) in [4.78, 5) is 2.30. The summed E-state index contributed by atoms with van der Waals surface area (Å²) < 4.78 is 5.68. The quantitative estimate of drug-likeness (QED) is 0.452. The Kier molecular flexibility index (Phi) is 1.64. The molecule has 0 saturated carbocycles. The number of ether oxygens (including phenoxy) is 1. The molecule has 64 valence electrons. The van der Waals surface area contributed by atoms with E-state index >= 15 is 0 Å². The number of hydrogen-bond acceptors (Lipinski definition) is 4. The normalized spacial score (nSPS) is 32.2. The number of nitrogens with zero attached hydrogens (tertiary/aromatic N) is 2. The maximum Gasteiger partial charge on any atom is 0.109 e. The molecule has 2 saturated heterocycles. The molecule has 2 fully saturated rings. The van der Waals surface area contributed by atoms with Crippen LogP contribution in [0.1, 0.15) is 0 Å². The van der Waals surface area contributed by atoms with Gasteiger partial charge in [-0.3, -0.25) is 5.84 Å².